The second-order valence-electron chi connectivity index (χ2n) is 8.28. The van der Waals surface area contributed by atoms with E-state index < -0.39 is 9.84 Å². The number of benzene rings is 1. The predicted octanol–water partition coefficient (Wildman–Crippen LogP) is 1.90. The van der Waals surface area contributed by atoms with E-state index in [1.54, 1.807) is 41.6 Å². The van der Waals surface area contributed by atoms with Crippen molar-refractivity contribution in [3.05, 3.63) is 42.2 Å². The van der Waals surface area contributed by atoms with Crippen LogP contribution in [0.3, 0.4) is 0 Å². The number of carbonyl (C=O) groups excluding carboxylic acids is 1. The molecule has 0 saturated carbocycles. The summed E-state index contributed by atoms with van der Waals surface area (Å²) < 4.78 is 39.6. The molecule has 2 atom stereocenters. The van der Waals surface area contributed by atoms with Gasteiger partial charge in [-0.25, -0.2) is 23.2 Å². The summed E-state index contributed by atoms with van der Waals surface area (Å²) >= 11 is 0. The Hall–Kier alpha value is -2.92. The van der Waals surface area contributed by atoms with Gasteiger partial charge in [0.1, 0.15) is 12.7 Å². The number of amides is 1. The molecule has 178 valence electrons. The molecule has 11 heteroatoms. The molecule has 2 aliphatic rings. The average Bonchev–Trinajstić information content (AvgIpc) is 3.31. The molecule has 0 N–H and O–H groups in total. The number of hydrogen-bond donors (Lipinski definition) is 0. The highest BCUT2D eigenvalue weighted by atomic mass is 32.2. The Morgan fingerprint density at radius 1 is 1.18 bits per heavy atom. The van der Waals surface area contributed by atoms with E-state index in [0.717, 1.165) is 12.0 Å². The van der Waals surface area contributed by atoms with Crippen molar-refractivity contribution in [1.82, 2.24) is 14.9 Å². The number of piperazine rings is 1. The zero-order valence-electron chi connectivity index (χ0n) is 18.7. The van der Waals surface area contributed by atoms with Crippen LogP contribution in [0.1, 0.15) is 18.9 Å². The molecule has 2 aromatic rings. The van der Waals surface area contributed by atoms with Crippen LogP contribution in [-0.2, 0) is 25.9 Å². The van der Waals surface area contributed by atoms with Gasteiger partial charge in [-0.15, -0.1) is 0 Å². The average molecular weight is 477 g/mol. The van der Waals surface area contributed by atoms with E-state index in [1.165, 1.54) is 6.26 Å². The van der Waals surface area contributed by atoms with Crippen molar-refractivity contribution in [1.29, 1.82) is 0 Å². The summed E-state index contributed by atoms with van der Waals surface area (Å²) in [5.74, 6) is 1.09. The molecule has 1 aromatic carbocycles. The lowest BCUT2D eigenvalue weighted by molar-refractivity contribution is 0.0507. The standard InChI is InChI=1S/C22H28N4O6S/c1-16-13-25(22(27)32-18-7-10-30-15-18)8-9-26(16)21-23-11-19(12-24-21)31-14-17-3-5-20(6-4-17)33(2,28)29/h3-6,11-12,16,18H,7-10,13-15H2,1-2H3. The fourth-order valence-electron chi connectivity index (χ4n) is 3.78. The number of rotatable bonds is 6. The summed E-state index contributed by atoms with van der Waals surface area (Å²) in [6.07, 6.45) is 4.69. The maximum absolute atomic E-state index is 12.4. The highest BCUT2D eigenvalue weighted by Gasteiger charge is 2.31. The van der Waals surface area contributed by atoms with Crippen LogP contribution in [0.15, 0.2) is 41.6 Å². The van der Waals surface area contributed by atoms with Gasteiger partial charge in [0.2, 0.25) is 5.95 Å². The maximum atomic E-state index is 12.4. The highest BCUT2D eigenvalue weighted by molar-refractivity contribution is 7.90. The first-order valence-electron chi connectivity index (χ1n) is 10.8. The second kappa shape index (κ2) is 9.92. The van der Waals surface area contributed by atoms with Crippen molar-refractivity contribution in [2.45, 2.75) is 37.0 Å². The van der Waals surface area contributed by atoms with Crippen molar-refractivity contribution < 1.29 is 27.4 Å². The third-order valence-corrected chi connectivity index (χ3v) is 6.80. The number of aromatic nitrogens is 2. The Balaban J connectivity index is 1.28. The normalized spacial score (nSPS) is 21.2. The van der Waals surface area contributed by atoms with E-state index in [0.29, 0.717) is 44.5 Å². The first-order valence-corrected chi connectivity index (χ1v) is 12.7. The smallest absolute Gasteiger partial charge is 0.410 e. The Bertz CT molecular complexity index is 1060. The van der Waals surface area contributed by atoms with Crippen LogP contribution in [0.2, 0.25) is 0 Å². The van der Waals surface area contributed by atoms with E-state index in [2.05, 4.69) is 14.9 Å². The van der Waals surface area contributed by atoms with Gasteiger partial charge in [0.05, 0.1) is 30.5 Å². The summed E-state index contributed by atoms with van der Waals surface area (Å²) in [6.45, 7) is 5.05. The van der Waals surface area contributed by atoms with Crippen LogP contribution >= 0.6 is 0 Å². The maximum Gasteiger partial charge on any atom is 0.410 e. The van der Waals surface area contributed by atoms with Crippen molar-refractivity contribution in [2.75, 3.05) is 44.0 Å². The van der Waals surface area contributed by atoms with Gasteiger partial charge < -0.3 is 24.0 Å². The Labute approximate surface area is 193 Å². The minimum Gasteiger partial charge on any atom is -0.486 e. The van der Waals surface area contributed by atoms with E-state index in [1.807, 2.05) is 6.92 Å². The molecule has 0 radical (unpaired) electrons. The molecule has 10 nitrogen and oxygen atoms in total. The number of nitrogens with zero attached hydrogens (tertiary/aromatic N) is 4. The predicted molar refractivity (Wildman–Crippen MR) is 120 cm³/mol. The topological polar surface area (TPSA) is 111 Å². The summed E-state index contributed by atoms with van der Waals surface area (Å²) in [4.78, 5) is 25.3. The number of hydrogen-bond acceptors (Lipinski definition) is 9. The highest BCUT2D eigenvalue weighted by Crippen LogP contribution is 2.20. The van der Waals surface area contributed by atoms with Crippen LogP contribution in [0.5, 0.6) is 5.75 Å². The van der Waals surface area contributed by atoms with Crippen molar-refractivity contribution in [3.63, 3.8) is 0 Å². The zero-order valence-corrected chi connectivity index (χ0v) is 19.5. The van der Waals surface area contributed by atoms with E-state index in [9.17, 15) is 13.2 Å². The summed E-state index contributed by atoms with van der Waals surface area (Å²) in [7, 11) is -3.22. The molecular weight excluding hydrogens is 448 g/mol. The molecule has 2 saturated heterocycles. The Morgan fingerprint density at radius 2 is 1.91 bits per heavy atom. The molecular formula is C22H28N4O6S. The zero-order chi connectivity index (χ0) is 23.4. The van der Waals surface area contributed by atoms with Gasteiger partial charge in [-0.05, 0) is 24.6 Å². The minimum absolute atomic E-state index is 0.0336. The SMILES string of the molecule is CC1CN(C(=O)OC2CCOC2)CCN1c1ncc(OCc2ccc(S(C)(=O)=O)cc2)cn1. The molecule has 0 aliphatic carbocycles. The lowest BCUT2D eigenvalue weighted by Gasteiger charge is -2.39. The number of carbonyl (C=O) groups is 1. The lowest BCUT2D eigenvalue weighted by atomic mass is 10.2. The second-order valence-corrected chi connectivity index (χ2v) is 10.3. The van der Waals surface area contributed by atoms with Crippen molar-refractivity contribution in [2.24, 2.45) is 0 Å². The third kappa shape index (κ3) is 5.91. The van der Waals surface area contributed by atoms with E-state index in [4.69, 9.17) is 14.2 Å². The lowest BCUT2D eigenvalue weighted by Crippen LogP contribution is -2.54. The first kappa shape index (κ1) is 23.2. The van der Waals surface area contributed by atoms with Gasteiger partial charge in [0, 0.05) is 38.4 Å². The van der Waals surface area contributed by atoms with E-state index in [-0.39, 0.29) is 29.7 Å². The van der Waals surface area contributed by atoms with Crippen molar-refractivity contribution >= 4 is 21.9 Å². The van der Waals surface area contributed by atoms with Gasteiger partial charge in [-0.3, -0.25) is 0 Å². The van der Waals surface area contributed by atoms with Crippen molar-refractivity contribution in [3.8, 4) is 5.75 Å². The molecule has 0 spiro atoms. The molecule has 4 rings (SSSR count). The third-order valence-electron chi connectivity index (χ3n) is 5.67. The summed E-state index contributed by atoms with van der Waals surface area (Å²) in [6, 6.07) is 6.60. The minimum atomic E-state index is -3.22. The fourth-order valence-corrected chi connectivity index (χ4v) is 4.41. The quantitative estimate of drug-likeness (QED) is 0.617. The molecule has 2 unspecified atom stereocenters. The van der Waals surface area contributed by atoms with Crippen LogP contribution in [0.4, 0.5) is 10.7 Å². The summed E-state index contributed by atoms with van der Waals surface area (Å²) in [5, 5.41) is 0. The van der Waals surface area contributed by atoms with Gasteiger partial charge in [-0.2, -0.15) is 0 Å². The molecule has 1 aromatic heterocycles. The van der Waals surface area contributed by atoms with Crippen LogP contribution < -0.4 is 9.64 Å². The molecule has 1 amide bonds. The van der Waals surface area contributed by atoms with Crippen LogP contribution in [0.25, 0.3) is 0 Å². The monoisotopic (exact) mass is 476 g/mol. The Kier molecular flexibility index (Phi) is 6.99. The summed E-state index contributed by atoms with van der Waals surface area (Å²) in [5.41, 5.74) is 0.840. The molecule has 0 bridgehead atoms. The van der Waals surface area contributed by atoms with Gasteiger partial charge in [-0.1, -0.05) is 12.1 Å². The molecule has 3 heterocycles. The Morgan fingerprint density at radius 3 is 2.52 bits per heavy atom. The first-order chi connectivity index (χ1) is 15.8. The number of anilines is 1. The number of sulfone groups is 1. The molecule has 2 fully saturated rings. The largest absolute Gasteiger partial charge is 0.486 e. The fraction of sp³-hybridized carbons (Fsp3) is 0.500. The van der Waals surface area contributed by atoms with E-state index >= 15 is 0 Å². The van der Waals surface area contributed by atoms with Crippen LogP contribution in [0, 0.1) is 0 Å². The van der Waals surface area contributed by atoms with Gasteiger partial charge >= 0.3 is 6.09 Å². The number of ether oxygens (including phenoxy) is 3. The van der Waals surface area contributed by atoms with Gasteiger partial charge in [0.25, 0.3) is 0 Å². The molecule has 33 heavy (non-hydrogen) atoms. The van der Waals surface area contributed by atoms with Gasteiger partial charge in [0.15, 0.2) is 15.6 Å². The van der Waals surface area contributed by atoms with Crippen LogP contribution in [-0.4, -0.2) is 80.6 Å². The molecule has 2 aliphatic heterocycles.